The van der Waals surface area contributed by atoms with Crippen molar-refractivity contribution in [1.29, 1.82) is 0 Å². The molecule has 4 rings (SSSR count). The van der Waals surface area contributed by atoms with E-state index >= 15 is 0 Å². The first-order chi connectivity index (χ1) is 19.4. The molecule has 10 nitrogen and oxygen atoms in total. The van der Waals surface area contributed by atoms with Crippen molar-refractivity contribution in [3.63, 3.8) is 0 Å². The largest absolute Gasteiger partial charge is 1.00 e. The zero-order chi connectivity index (χ0) is 31.3. The van der Waals surface area contributed by atoms with Crippen LogP contribution in [0.1, 0.15) is 45.2 Å². The van der Waals surface area contributed by atoms with Crippen LogP contribution < -0.4 is 61.6 Å². The maximum atomic E-state index is 11.8. The van der Waals surface area contributed by atoms with Gasteiger partial charge in [-0.3, -0.25) is 4.79 Å². The molecular weight excluding hydrogens is 641 g/mol. The van der Waals surface area contributed by atoms with Crippen LogP contribution >= 0.6 is 22.5 Å². The van der Waals surface area contributed by atoms with Crippen LogP contribution in [0, 0.1) is 0 Å². The molecule has 0 radical (unpaired) electrons. The number of benzene rings is 2. The number of amides is 1. The second-order valence-electron chi connectivity index (χ2n) is 11.4. The number of rotatable bonds is 9. The Balaban J connectivity index is 0.00000506. The van der Waals surface area contributed by atoms with Crippen LogP contribution in [0.5, 0.6) is 0 Å². The molecule has 1 N–H and O–H groups in total. The van der Waals surface area contributed by atoms with Crippen molar-refractivity contribution in [2.75, 3.05) is 35.4 Å². The average Bonchev–Trinajstić information content (AvgIpc) is 3.21. The van der Waals surface area contributed by atoms with E-state index in [0.717, 1.165) is 22.7 Å². The number of fused-ring (bicyclic) bond motifs is 2. The molecule has 2 aromatic rings. The number of hydrogen-bond acceptors (Lipinski definition) is 8. The molecule has 0 unspecified atom stereocenters. The fourth-order valence-corrected chi connectivity index (χ4v) is 6.84. The molecule has 0 aliphatic carbocycles. The van der Waals surface area contributed by atoms with Gasteiger partial charge in [0.05, 0.1) is 10.3 Å². The molecule has 2 aliphatic heterocycles. The van der Waals surface area contributed by atoms with E-state index in [1.807, 2.05) is 62.2 Å². The molecule has 43 heavy (non-hydrogen) atoms. The van der Waals surface area contributed by atoms with E-state index in [-0.39, 0.29) is 81.0 Å². The van der Waals surface area contributed by atoms with Crippen molar-refractivity contribution in [3.05, 3.63) is 71.5 Å². The molecule has 0 atom stereocenters. The number of anilines is 2. The quantitative estimate of drug-likeness (QED) is 0.182. The second-order valence-corrected chi connectivity index (χ2v) is 14.6. The van der Waals surface area contributed by atoms with Crippen LogP contribution in [0.25, 0.3) is 0 Å². The Kier molecular flexibility index (Phi) is 11.3. The van der Waals surface area contributed by atoms with Gasteiger partial charge in [-0.05, 0) is 62.2 Å². The number of carbonyl (C=O) groups excluding carboxylic acids is 1. The number of alkyl halides is 1. The third kappa shape index (κ3) is 7.67. The third-order valence-corrected chi connectivity index (χ3v) is 9.74. The molecule has 14 heteroatoms. The monoisotopic (exact) mass is 673 g/mol. The summed E-state index contributed by atoms with van der Waals surface area (Å²) in [6.07, 6.45) is 5.79. The van der Waals surface area contributed by atoms with Crippen LogP contribution in [0.2, 0.25) is 0 Å². The van der Waals surface area contributed by atoms with Crippen LogP contribution in [0.3, 0.4) is 0 Å². The van der Waals surface area contributed by atoms with Gasteiger partial charge >= 0.3 is 51.4 Å². The molecule has 2 aliphatic rings. The molecule has 1 amide bonds. The summed E-state index contributed by atoms with van der Waals surface area (Å²) in [5, 5.41) is 2.78. The second kappa shape index (κ2) is 13.3. The van der Waals surface area contributed by atoms with Crippen molar-refractivity contribution < 1.29 is 87.4 Å². The number of halogens is 1. The van der Waals surface area contributed by atoms with E-state index in [1.165, 1.54) is 18.2 Å². The molecular formula is C29H33ClKN3O7S2-2. The summed E-state index contributed by atoms with van der Waals surface area (Å²) in [7, 11) is -7.16. The average molecular weight is 674 g/mol. The Labute approximate surface area is 302 Å². The first-order valence-corrected chi connectivity index (χ1v) is 16.7. The summed E-state index contributed by atoms with van der Waals surface area (Å²) in [4.78, 5) is 13.3. The maximum absolute atomic E-state index is 11.8. The predicted molar refractivity (Wildman–Crippen MR) is 161 cm³/mol. The standard InChI is InChI=1S/C29H36ClN3O7S2.K/c1-28(2)21-16-19(31-27(34)18-30)10-12-23(21)32(5)25(28)8-6-9-26-29(3,4)22-17-20(42(38,39)40)11-13-24(22)33(26)14-7-15-41(35,36)37;/h6,8-13,16-17H,7,14-15,18H2,1-5H3,(H4-,31,34,35,36,37,38,39,40);/q;+1/p-3. The maximum Gasteiger partial charge on any atom is 1.00 e. The minimum atomic E-state index is -4.69. The zero-order valence-electron chi connectivity index (χ0n) is 25.0. The summed E-state index contributed by atoms with van der Waals surface area (Å²) < 4.78 is 71.1. The van der Waals surface area contributed by atoms with E-state index in [2.05, 4.69) is 23.7 Å². The molecule has 0 saturated heterocycles. The summed E-state index contributed by atoms with van der Waals surface area (Å²) in [6.45, 7) is 8.13. The van der Waals surface area contributed by atoms with E-state index in [0.29, 0.717) is 16.9 Å². The van der Waals surface area contributed by atoms with Gasteiger partial charge in [-0.1, -0.05) is 25.7 Å². The molecule has 2 aromatic carbocycles. The summed E-state index contributed by atoms with van der Waals surface area (Å²) in [5.74, 6) is -0.987. The first-order valence-electron chi connectivity index (χ1n) is 13.2. The summed E-state index contributed by atoms with van der Waals surface area (Å²) in [5.41, 5.74) is 4.46. The molecule has 0 aromatic heterocycles. The van der Waals surface area contributed by atoms with Crippen molar-refractivity contribution in [1.82, 2.24) is 0 Å². The molecule has 0 spiro atoms. The van der Waals surface area contributed by atoms with Crippen molar-refractivity contribution in [2.24, 2.45) is 0 Å². The molecule has 2 heterocycles. The minimum absolute atomic E-state index is 0. The number of nitrogens with zero attached hydrogens (tertiary/aromatic N) is 2. The van der Waals surface area contributed by atoms with E-state index in [9.17, 15) is 31.4 Å². The number of carbonyl (C=O) groups is 1. The Morgan fingerprint density at radius 3 is 2.30 bits per heavy atom. The van der Waals surface area contributed by atoms with Gasteiger partial charge in [0.2, 0.25) is 11.6 Å². The SMILES string of the molecule is C[N+]1=C(C=CC=C2N(CCCS([O-])([O-])[O-])c3ccc(S(=O)(=O)[O-])cc3C2(C)C)C(C)(C)c2cc(NC(=O)CCl)ccc21.[K+]. The number of allylic oxidation sites excluding steroid dienone is 4. The smallest absolute Gasteiger partial charge is 0.834 e. The Hall–Kier alpha value is -1.07. The van der Waals surface area contributed by atoms with Crippen LogP contribution in [0.4, 0.5) is 17.1 Å². The zero-order valence-corrected chi connectivity index (χ0v) is 30.5. The van der Waals surface area contributed by atoms with Gasteiger partial charge in [0.15, 0.2) is 5.71 Å². The van der Waals surface area contributed by atoms with E-state index in [1.54, 1.807) is 0 Å². The Bertz CT molecular complexity index is 1630. The van der Waals surface area contributed by atoms with Crippen LogP contribution in [0.15, 0.2) is 65.2 Å². The Morgan fingerprint density at radius 2 is 1.70 bits per heavy atom. The van der Waals surface area contributed by atoms with Crippen molar-refractivity contribution in [3.8, 4) is 0 Å². The summed E-state index contributed by atoms with van der Waals surface area (Å²) >= 11 is 5.64. The molecule has 0 fully saturated rings. The molecule has 228 valence electrons. The van der Waals surface area contributed by atoms with Crippen LogP contribution in [-0.4, -0.2) is 68.0 Å². The normalized spacial score (nSPS) is 18.6. The van der Waals surface area contributed by atoms with Crippen molar-refractivity contribution in [2.45, 2.75) is 49.8 Å². The van der Waals surface area contributed by atoms with E-state index in [4.69, 9.17) is 11.6 Å². The molecule has 0 saturated carbocycles. The molecule has 0 bridgehead atoms. The minimum Gasteiger partial charge on any atom is -0.834 e. The van der Waals surface area contributed by atoms with Crippen molar-refractivity contribution >= 4 is 61.3 Å². The predicted octanol–water partition coefficient (Wildman–Crippen LogP) is 1.60. The first kappa shape index (κ1) is 36.4. The van der Waals surface area contributed by atoms with Gasteiger partial charge in [-0.25, -0.2) is 8.42 Å². The Morgan fingerprint density at radius 1 is 1.02 bits per heavy atom. The fraction of sp³-hybridized carbons (Fsp3) is 0.379. The van der Waals surface area contributed by atoms with Gasteiger partial charge in [-0.15, -0.1) is 11.6 Å². The fourth-order valence-electron chi connectivity index (χ4n) is 5.79. The van der Waals surface area contributed by atoms with E-state index < -0.39 is 37.6 Å². The van der Waals surface area contributed by atoms with Gasteiger partial charge in [0, 0.05) is 46.7 Å². The van der Waals surface area contributed by atoms with Gasteiger partial charge in [0.1, 0.15) is 23.0 Å². The van der Waals surface area contributed by atoms with Gasteiger partial charge < -0.3 is 39.3 Å². The topological polar surface area (TPSA) is 162 Å². The van der Waals surface area contributed by atoms with Gasteiger partial charge in [-0.2, -0.15) is 4.58 Å². The van der Waals surface area contributed by atoms with Crippen LogP contribution in [-0.2, 0) is 25.7 Å². The number of nitrogens with one attached hydrogen (secondary N) is 1. The van der Waals surface area contributed by atoms with Gasteiger partial charge in [0.25, 0.3) is 0 Å². The third-order valence-electron chi connectivity index (χ3n) is 7.87. The number of hydrogen-bond donors (Lipinski definition) is 1. The summed E-state index contributed by atoms with van der Waals surface area (Å²) in [6, 6.07) is 9.82.